The molecule has 0 N–H and O–H groups in total. The van der Waals surface area contributed by atoms with Gasteiger partial charge in [0.1, 0.15) is 16.3 Å². The molecule has 1 unspecified atom stereocenters. The number of hydrogen-bond donors (Lipinski definition) is 0. The van der Waals surface area contributed by atoms with Gasteiger partial charge in [-0.2, -0.15) is 0 Å². The molecule has 0 saturated carbocycles. The summed E-state index contributed by atoms with van der Waals surface area (Å²) >= 11 is 2.81. The summed E-state index contributed by atoms with van der Waals surface area (Å²) in [5, 5.41) is 1.14. The van der Waals surface area contributed by atoms with Crippen LogP contribution in [0.5, 0.6) is 0 Å². The van der Waals surface area contributed by atoms with E-state index >= 15 is 0 Å². The van der Waals surface area contributed by atoms with Crippen LogP contribution in [0, 0.1) is 0 Å². The normalized spacial score (nSPS) is 13.2. The second-order valence-electron chi connectivity index (χ2n) is 3.96. The standard InChI is InChI=1S/C12H17.Al/c1-9(2)11-6-5-7-12(8-11)10(3)4;/h5-10H,1H2,2-4H3;. The highest BCUT2D eigenvalue weighted by molar-refractivity contribution is 6.09. The van der Waals surface area contributed by atoms with Crippen molar-refractivity contribution >= 4 is 16.3 Å². The first-order chi connectivity index (χ1) is 6.15. The van der Waals surface area contributed by atoms with Crippen molar-refractivity contribution in [2.24, 2.45) is 0 Å². The third-order valence-electron chi connectivity index (χ3n) is 2.50. The van der Waals surface area contributed by atoms with Crippen molar-refractivity contribution in [3.63, 3.8) is 0 Å². The van der Waals surface area contributed by atoms with Gasteiger partial charge in [-0.15, -0.1) is 5.28 Å². The van der Waals surface area contributed by atoms with Crippen molar-refractivity contribution in [3.8, 4) is 0 Å². The van der Waals surface area contributed by atoms with Crippen LogP contribution in [0.15, 0.2) is 24.3 Å². The van der Waals surface area contributed by atoms with E-state index in [9.17, 15) is 0 Å². The van der Waals surface area contributed by atoms with E-state index in [0.717, 1.165) is 5.28 Å². The van der Waals surface area contributed by atoms with Gasteiger partial charge in [-0.25, -0.2) is 0 Å². The van der Waals surface area contributed by atoms with Gasteiger partial charge in [-0.1, -0.05) is 45.0 Å². The zero-order valence-corrected chi connectivity index (χ0v) is 9.90. The van der Waals surface area contributed by atoms with Gasteiger partial charge in [0.15, 0.2) is 0 Å². The molecule has 0 bridgehead atoms. The molecular weight excluding hydrogens is 171 g/mol. The van der Waals surface area contributed by atoms with Crippen molar-refractivity contribution in [1.82, 2.24) is 0 Å². The molecule has 1 aromatic carbocycles. The van der Waals surface area contributed by atoms with Crippen molar-refractivity contribution in [2.75, 3.05) is 0 Å². The molecule has 1 rings (SSSR count). The van der Waals surface area contributed by atoms with Gasteiger partial charge in [0.25, 0.3) is 0 Å². The van der Waals surface area contributed by atoms with E-state index < -0.39 is 0 Å². The first kappa shape index (κ1) is 10.8. The van der Waals surface area contributed by atoms with E-state index in [1.54, 1.807) is 0 Å². The van der Waals surface area contributed by atoms with E-state index in [1.807, 2.05) is 0 Å². The van der Waals surface area contributed by atoms with Crippen LogP contribution in [0.1, 0.15) is 43.7 Å². The molecule has 68 valence electrons. The fourth-order valence-corrected chi connectivity index (χ4v) is 1.63. The van der Waals surface area contributed by atoms with Gasteiger partial charge >= 0.3 is 0 Å². The highest BCUT2D eigenvalue weighted by Gasteiger charge is 2.04. The molecule has 0 nitrogen and oxygen atoms in total. The minimum atomic E-state index is 0.636. The van der Waals surface area contributed by atoms with Gasteiger partial charge < -0.3 is 0 Å². The lowest BCUT2D eigenvalue weighted by Gasteiger charge is -2.12. The second kappa shape index (κ2) is 4.84. The predicted molar refractivity (Wildman–Crippen MR) is 59.5 cm³/mol. The van der Waals surface area contributed by atoms with E-state index in [0.29, 0.717) is 11.8 Å². The Morgan fingerprint density at radius 2 is 1.77 bits per heavy atom. The topological polar surface area (TPSA) is 0 Å². The Labute approximate surface area is 89.8 Å². The van der Waals surface area contributed by atoms with Crippen LogP contribution < -0.4 is 0 Å². The predicted octanol–water partition coefficient (Wildman–Crippen LogP) is 3.50. The average molecular weight is 188 g/mol. The van der Waals surface area contributed by atoms with Gasteiger partial charge in [0, 0.05) is 0 Å². The maximum Gasteiger partial charge on any atom is 0.119 e. The van der Waals surface area contributed by atoms with Gasteiger partial charge in [0.2, 0.25) is 0 Å². The van der Waals surface area contributed by atoms with E-state index in [-0.39, 0.29) is 0 Å². The molecule has 2 radical (unpaired) electrons. The molecular formula is C12H17Al. The third-order valence-corrected chi connectivity index (χ3v) is 3.21. The largest absolute Gasteiger partial charge is 0.119 e. The summed E-state index contributed by atoms with van der Waals surface area (Å²) in [6.07, 6.45) is 0. The van der Waals surface area contributed by atoms with Gasteiger partial charge in [-0.05, 0) is 23.0 Å². The number of benzene rings is 1. The second-order valence-corrected chi connectivity index (χ2v) is 4.43. The zero-order chi connectivity index (χ0) is 9.84. The van der Waals surface area contributed by atoms with Crippen LogP contribution >= 0.6 is 0 Å². The quantitative estimate of drug-likeness (QED) is 0.637. The van der Waals surface area contributed by atoms with Crippen LogP contribution in [-0.4, -0.2) is 16.3 Å². The van der Waals surface area contributed by atoms with Crippen molar-refractivity contribution in [2.45, 2.75) is 37.9 Å². The molecule has 0 aliphatic carbocycles. The summed E-state index contributed by atoms with van der Waals surface area (Å²) in [5.74, 6) is 1.29. The fraction of sp³-hybridized carbons (Fsp3) is 0.500. The lowest BCUT2D eigenvalue weighted by molar-refractivity contribution is 0.833. The Morgan fingerprint density at radius 3 is 2.31 bits per heavy atom. The molecule has 0 heterocycles. The molecule has 0 aromatic heterocycles. The highest BCUT2D eigenvalue weighted by Crippen LogP contribution is 2.22. The maximum atomic E-state index is 2.81. The molecule has 0 fully saturated rings. The molecule has 1 aromatic rings. The minimum Gasteiger partial charge on any atom is -0.111 e. The van der Waals surface area contributed by atoms with Crippen LogP contribution in [0.2, 0.25) is 5.28 Å². The lowest BCUT2D eigenvalue weighted by atomic mass is 9.96. The lowest BCUT2D eigenvalue weighted by Crippen LogP contribution is -1.95. The van der Waals surface area contributed by atoms with E-state index in [2.05, 4.69) is 61.3 Å². The maximum absolute atomic E-state index is 2.81. The summed E-state index contributed by atoms with van der Waals surface area (Å²) < 4.78 is 0. The Balaban J connectivity index is 2.91. The fourth-order valence-electron chi connectivity index (χ4n) is 1.36. The van der Waals surface area contributed by atoms with E-state index in [1.165, 1.54) is 11.1 Å². The molecule has 13 heavy (non-hydrogen) atoms. The van der Waals surface area contributed by atoms with Gasteiger partial charge in [-0.3, -0.25) is 0 Å². The van der Waals surface area contributed by atoms with Crippen LogP contribution in [0.25, 0.3) is 0 Å². The Hall–Kier alpha value is -0.248. The molecule has 1 atom stereocenters. The van der Waals surface area contributed by atoms with Crippen molar-refractivity contribution in [1.29, 1.82) is 0 Å². The Morgan fingerprint density at radius 1 is 1.15 bits per heavy atom. The molecule has 1 heteroatoms. The number of hydrogen-bond acceptors (Lipinski definition) is 0. The average Bonchev–Trinajstić information content (AvgIpc) is 2.17. The van der Waals surface area contributed by atoms with Gasteiger partial charge in [0.05, 0.1) is 0 Å². The smallest absolute Gasteiger partial charge is 0.111 e. The van der Waals surface area contributed by atoms with Crippen LogP contribution in [-0.2, 0) is 0 Å². The SMILES string of the molecule is CC(C)c1cccc(C(C)[CH2][Al])c1. The molecule has 0 aliphatic rings. The minimum absolute atomic E-state index is 0.636. The third kappa shape index (κ3) is 2.86. The first-order valence-corrected chi connectivity index (χ1v) is 5.76. The number of rotatable bonds is 3. The Bertz CT molecular complexity index is 266. The Kier molecular flexibility index (Phi) is 4.03. The summed E-state index contributed by atoms with van der Waals surface area (Å²) in [6.45, 7) is 6.75. The monoisotopic (exact) mass is 188 g/mol. The summed E-state index contributed by atoms with van der Waals surface area (Å²) in [6, 6.07) is 8.94. The zero-order valence-electron chi connectivity index (χ0n) is 8.75. The van der Waals surface area contributed by atoms with Crippen LogP contribution in [0.4, 0.5) is 0 Å². The highest BCUT2D eigenvalue weighted by atomic mass is 27.0. The van der Waals surface area contributed by atoms with Crippen molar-refractivity contribution < 1.29 is 0 Å². The first-order valence-electron chi connectivity index (χ1n) is 4.95. The summed E-state index contributed by atoms with van der Waals surface area (Å²) in [4.78, 5) is 0. The van der Waals surface area contributed by atoms with Crippen molar-refractivity contribution in [3.05, 3.63) is 35.4 Å². The van der Waals surface area contributed by atoms with E-state index in [4.69, 9.17) is 0 Å². The molecule has 0 aliphatic heterocycles. The molecule has 0 saturated heterocycles. The summed E-state index contributed by atoms with van der Waals surface area (Å²) in [7, 11) is 0. The molecule has 0 spiro atoms. The van der Waals surface area contributed by atoms with Crippen LogP contribution in [0.3, 0.4) is 0 Å². The summed E-state index contributed by atoms with van der Waals surface area (Å²) in [5.41, 5.74) is 2.91. The molecule has 0 amide bonds.